The van der Waals surface area contributed by atoms with Gasteiger partial charge in [-0.25, -0.2) is 14.8 Å². The molecule has 35 heavy (non-hydrogen) atoms. The van der Waals surface area contributed by atoms with Gasteiger partial charge < -0.3 is 13.9 Å². The van der Waals surface area contributed by atoms with Gasteiger partial charge in [-0.3, -0.25) is 9.36 Å². The van der Waals surface area contributed by atoms with Crippen molar-refractivity contribution >= 4 is 28.6 Å². The second-order valence-corrected chi connectivity index (χ2v) is 9.41. The number of oxazole rings is 1. The number of thioether (sulfide) groups is 1. The first kappa shape index (κ1) is 23.3. The number of rotatable bonds is 7. The van der Waals surface area contributed by atoms with E-state index in [0.717, 1.165) is 29.7 Å². The first-order chi connectivity index (χ1) is 17.0. The number of fused-ring (bicyclic) bond motifs is 1. The second-order valence-electron chi connectivity index (χ2n) is 8.47. The molecule has 9 heteroatoms. The van der Waals surface area contributed by atoms with Crippen LogP contribution in [-0.4, -0.2) is 40.3 Å². The van der Waals surface area contributed by atoms with Gasteiger partial charge >= 0.3 is 5.97 Å². The smallest absolute Gasteiger partial charge is 0.337 e. The van der Waals surface area contributed by atoms with Crippen molar-refractivity contribution in [2.45, 2.75) is 43.3 Å². The van der Waals surface area contributed by atoms with E-state index in [2.05, 4.69) is 4.98 Å². The summed E-state index contributed by atoms with van der Waals surface area (Å²) in [5.74, 6) is 0.541. The average Bonchev–Trinajstić information content (AvgIpc) is 3.57. The standard InChI is InChI=1S/C26H25N3O5S/c1-16-5-7-17(8-6-16)23-27-19(14-34-23)15-35-26-28-22-12-18(25(31)32-2)9-10-21(22)24(30)29(26)13-20-4-3-11-33-20/h5-10,12,14,20H,3-4,11,13,15H2,1-2H3. The van der Waals surface area contributed by atoms with Crippen LogP contribution in [0.15, 0.2) is 63.1 Å². The Morgan fingerprint density at radius 1 is 1.20 bits per heavy atom. The van der Waals surface area contributed by atoms with Gasteiger partial charge in [-0.05, 0) is 50.1 Å². The van der Waals surface area contributed by atoms with Crippen LogP contribution in [-0.2, 0) is 21.8 Å². The lowest BCUT2D eigenvalue weighted by Gasteiger charge is -2.16. The first-order valence-corrected chi connectivity index (χ1v) is 12.4. The number of benzene rings is 2. The Morgan fingerprint density at radius 2 is 2.03 bits per heavy atom. The minimum absolute atomic E-state index is 0.0270. The topological polar surface area (TPSA) is 96.5 Å². The summed E-state index contributed by atoms with van der Waals surface area (Å²) in [6.07, 6.45) is 3.48. The predicted octanol–water partition coefficient (Wildman–Crippen LogP) is 4.62. The van der Waals surface area contributed by atoms with E-state index < -0.39 is 5.97 Å². The molecule has 1 saturated heterocycles. The number of aryl methyl sites for hydroxylation is 1. The second kappa shape index (κ2) is 10.1. The quantitative estimate of drug-likeness (QED) is 0.210. The number of carbonyl (C=O) groups is 1. The van der Waals surface area contributed by atoms with Gasteiger partial charge in [-0.1, -0.05) is 29.5 Å². The van der Waals surface area contributed by atoms with E-state index in [0.29, 0.717) is 46.4 Å². The molecule has 1 fully saturated rings. The summed E-state index contributed by atoms with van der Waals surface area (Å²) < 4.78 is 17.9. The highest BCUT2D eigenvalue weighted by Crippen LogP contribution is 2.26. The summed E-state index contributed by atoms with van der Waals surface area (Å²) in [7, 11) is 1.32. The highest BCUT2D eigenvalue weighted by atomic mass is 32.2. The Balaban J connectivity index is 1.46. The molecular weight excluding hydrogens is 466 g/mol. The number of nitrogens with zero attached hydrogens (tertiary/aromatic N) is 3. The lowest BCUT2D eigenvalue weighted by Crippen LogP contribution is -2.29. The zero-order valence-corrected chi connectivity index (χ0v) is 20.3. The third-order valence-electron chi connectivity index (χ3n) is 5.95. The number of carbonyl (C=O) groups excluding carboxylic acids is 1. The molecule has 5 rings (SSSR count). The van der Waals surface area contributed by atoms with E-state index in [4.69, 9.17) is 18.9 Å². The largest absolute Gasteiger partial charge is 0.465 e. The molecule has 1 unspecified atom stereocenters. The summed E-state index contributed by atoms with van der Waals surface area (Å²) in [6, 6.07) is 12.8. The number of methoxy groups -OCH3 is 1. The molecule has 0 N–H and O–H groups in total. The van der Waals surface area contributed by atoms with E-state index in [9.17, 15) is 9.59 Å². The molecule has 2 aromatic carbocycles. The maximum atomic E-state index is 13.4. The molecule has 180 valence electrons. The molecular formula is C26H25N3O5S. The molecule has 2 aromatic heterocycles. The monoisotopic (exact) mass is 491 g/mol. The maximum absolute atomic E-state index is 13.4. The Bertz CT molecular complexity index is 1420. The van der Waals surface area contributed by atoms with Crippen LogP contribution < -0.4 is 5.56 Å². The highest BCUT2D eigenvalue weighted by Gasteiger charge is 2.21. The van der Waals surface area contributed by atoms with Crippen molar-refractivity contribution < 1.29 is 18.7 Å². The van der Waals surface area contributed by atoms with Crippen LogP contribution in [0.1, 0.15) is 34.5 Å². The average molecular weight is 492 g/mol. The van der Waals surface area contributed by atoms with Gasteiger partial charge in [0.25, 0.3) is 5.56 Å². The molecule has 1 aliphatic rings. The number of aromatic nitrogens is 3. The fraction of sp³-hybridized carbons (Fsp3) is 0.308. The Hall–Kier alpha value is -3.43. The molecule has 0 bridgehead atoms. The third-order valence-corrected chi connectivity index (χ3v) is 6.96. The number of esters is 1. The van der Waals surface area contributed by atoms with Crippen molar-refractivity contribution in [3.63, 3.8) is 0 Å². The van der Waals surface area contributed by atoms with Crippen molar-refractivity contribution in [1.82, 2.24) is 14.5 Å². The Morgan fingerprint density at radius 3 is 2.77 bits per heavy atom. The fourth-order valence-electron chi connectivity index (χ4n) is 4.05. The number of ether oxygens (including phenoxy) is 2. The molecule has 4 aromatic rings. The minimum Gasteiger partial charge on any atom is -0.465 e. The van der Waals surface area contributed by atoms with Crippen LogP contribution in [0.5, 0.6) is 0 Å². The lowest BCUT2D eigenvalue weighted by atomic mass is 10.1. The van der Waals surface area contributed by atoms with Crippen molar-refractivity contribution in [3.8, 4) is 11.5 Å². The van der Waals surface area contributed by atoms with E-state index in [1.807, 2.05) is 31.2 Å². The van der Waals surface area contributed by atoms with Crippen LogP contribution in [0, 0.1) is 6.92 Å². The zero-order chi connectivity index (χ0) is 24.4. The lowest BCUT2D eigenvalue weighted by molar-refractivity contribution is 0.0601. The van der Waals surface area contributed by atoms with Crippen molar-refractivity contribution in [2.75, 3.05) is 13.7 Å². The number of hydrogen-bond donors (Lipinski definition) is 0. The van der Waals surface area contributed by atoms with Crippen LogP contribution in [0.2, 0.25) is 0 Å². The molecule has 3 heterocycles. The molecule has 8 nitrogen and oxygen atoms in total. The minimum atomic E-state index is -0.474. The summed E-state index contributed by atoms with van der Waals surface area (Å²) >= 11 is 1.40. The van der Waals surface area contributed by atoms with Crippen LogP contribution in [0.25, 0.3) is 22.4 Å². The van der Waals surface area contributed by atoms with Crippen LogP contribution >= 0.6 is 11.8 Å². The normalized spacial score (nSPS) is 15.5. The van der Waals surface area contributed by atoms with Gasteiger partial charge in [-0.2, -0.15) is 0 Å². The zero-order valence-electron chi connectivity index (χ0n) is 19.5. The SMILES string of the molecule is COC(=O)c1ccc2c(=O)n(CC3CCCO3)c(SCc3coc(-c4ccc(C)cc4)n3)nc2c1. The molecule has 0 spiro atoms. The van der Waals surface area contributed by atoms with Gasteiger partial charge in [0.05, 0.1) is 41.9 Å². The Labute approximate surface area is 206 Å². The van der Waals surface area contributed by atoms with Gasteiger partial charge in [0.15, 0.2) is 5.16 Å². The fourth-order valence-corrected chi connectivity index (χ4v) is 4.93. The summed E-state index contributed by atoms with van der Waals surface area (Å²) in [5.41, 5.74) is 3.44. The third kappa shape index (κ3) is 5.01. The molecule has 1 aliphatic heterocycles. The van der Waals surface area contributed by atoms with Gasteiger partial charge in [0, 0.05) is 17.9 Å². The van der Waals surface area contributed by atoms with Crippen molar-refractivity contribution in [2.24, 2.45) is 0 Å². The number of hydrogen-bond acceptors (Lipinski definition) is 8. The van der Waals surface area contributed by atoms with Crippen LogP contribution in [0.4, 0.5) is 0 Å². The maximum Gasteiger partial charge on any atom is 0.337 e. The van der Waals surface area contributed by atoms with Gasteiger partial charge in [0.1, 0.15) is 6.26 Å². The van der Waals surface area contributed by atoms with E-state index >= 15 is 0 Å². The van der Waals surface area contributed by atoms with Crippen molar-refractivity contribution in [1.29, 1.82) is 0 Å². The van der Waals surface area contributed by atoms with E-state index in [1.54, 1.807) is 29.0 Å². The van der Waals surface area contributed by atoms with E-state index in [1.165, 1.54) is 18.9 Å². The Kier molecular flexibility index (Phi) is 6.70. The van der Waals surface area contributed by atoms with Gasteiger partial charge in [-0.15, -0.1) is 0 Å². The molecule has 0 saturated carbocycles. The molecule has 0 radical (unpaired) electrons. The summed E-state index contributed by atoms with van der Waals surface area (Å²) in [5, 5.41) is 0.989. The first-order valence-electron chi connectivity index (χ1n) is 11.4. The van der Waals surface area contributed by atoms with Crippen molar-refractivity contribution in [3.05, 3.63) is 75.9 Å². The molecule has 0 aliphatic carbocycles. The summed E-state index contributed by atoms with van der Waals surface area (Å²) in [6.45, 7) is 3.16. The highest BCUT2D eigenvalue weighted by molar-refractivity contribution is 7.98. The summed E-state index contributed by atoms with van der Waals surface area (Å²) in [4.78, 5) is 34.8. The predicted molar refractivity (Wildman–Crippen MR) is 133 cm³/mol. The molecule has 1 atom stereocenters. The van der Waals surface area contributed by atoms with Gasteiger partial charge in [0.2, 0.25) is 5.89 Å². The molecule has 0 amide bonds. The van der Waals surface area contributed by atoms with E-state index in [-0.39, 0.29) is 11.7 Å². The van der Waals surface area contributed by atoms with Crippen LogP contribution in [0.3, 0.4) is 0 Å².